The molecule has 0 bridgehead atoms. The van der Waals surface area contributed by atoms with Gasteiger partial charge in [-0.3, -0.25) is 14.9 Å². The quantitative estimate of drug-likeness (QED) is 0.483. The van der Waals surface area contributed by atoms with Crippen molar-refractivity contribution in [2.24, 2.45) is 0 Å². The van der Waals surface area contributed by atoms with Gasteiger partial charge >= 0.3 is 5.97 Å². The number of halogens is 1. The molecule has 0 saturated carbocycles. The lowest BCUT2D eigenvalue weighted by Crippen LogP contribution is -2.10. The Labute approximate surface area is 111 Å². The molecule has 1 rings (SSSR count). The fourth-order valence-electron chi connectivity index (χ4n) is 1.38. The Morgan fingerprint density at radius 3 is 2.78 bits per heavy atom. The van der Waals surface area contributed by atoms with Crippen molar-refractivity contribution in [1.29, 1.82) is 5.26 Å². The number of nitro groups is 1. The first-order valence-electron chi connectivity index (χ1n) is 5.02. The van der Waals surface area contributed by atoms with E-state index < -0.39 is 10.9 Å². The molecule has 0 heterocycles. The summed E-state index contributed by atoms with van der Waals surface area (Å²) in [6, 6.07) is 4.43. The highest BCUT2D eigenvalue weighted by Crippen LogP contribution is 2.31. The van der Waals surface area contributed by atoms with Gasteiger partial charge in [-0.2, -0.15) is 5.26 Å². The van der Waals surface area contributed by atoms with Gasteiger partial charge in [0.15, 0.2) is 0 Å². The average molecular weight is 313 g/mol. The molecule has 0 N–H and O–H groups in total. The maximum Gasteiger partial charge on any atom is 0.310 e. The van der Waals surface area contributed by atoms with Gasteiger partial charge in [-0.25, -0.2) is 0 Å². The van der Waals surface area contributed by atoms with E-state index in [1.54, 1.807) is 6.92 Å². The molecule has 0 amide bonds. The third kappa shape index (κ3) is 3.05. The summed E-state index contributed by atoms with van der Waals surface area (Å²) in [7, 11) is 0. The molecule has 0 fully saturated rings. The summed E-state index contributed by atoms with van der Waals surface area (Å²) in [5, 5.41) is 19.7. The molecule has 1 aromatic rings. The molecule has 0 aliphatic rings. The van der Waals surface area contributed by atoms with E-state index >= 15 is 0 Å². The number of ether oxygens (including phenoxy) is 1. The molecule has 1 aromatic carbocycles. The first-order chi connectivity index (χ1) is 8.51. The number of rotatable bonds is 4. The van der Waals surface area contributed by atoms with Crippen molar-refractivity contribution in [3.05, 3.63) is 37.8 Å². The van der Waals surface area contributed by atoms with E-state index in [9.17, 15) is 14.9 Å². The second-order valence-corrected chi connectivity index (χ2v) is 4.07. The van der Waals surface area contributed by atoms with E-state index in [1.807, 2.05) is 6.07 Å². The predicted molar refractivity (Wildman–Crippen MR) is 65.8 cm³/mol. The minimum absolute atomic E-state index is 0.139. The van der Waals surface area contributed by atoms with Gasteiger partial charge in [-0.05, 0) is 28.9 Å². The Morgan fingerprint density at radius 2 is 2.28 bits per heavy atom. The van der Waals surface area contributed by atoms with Gasteiger partial charge in [-0.1, -0.05) is 0 Å². The van der Waals surface area contributed by atoms with Crippen LogP contribution >= 0.6 is 15.9 Å². The third-order valence-electron chi connectivity index (χ3n) is 2.17. The zero-order valence-electron chi connectivity index (χ0n) is 9.47. The van der Waals surface area contributed by atoms with Crippen molar-refractivity contribution in [2.45, 2.75) is 13.3 Å². The molecule has 0 unspecified atom stereocenters. The second-order valence-electron chi connectivity index (χ2n) is 3.28. The van der Waals surface area contributed by atoms with Crippen molar-refractivity contribution < 1.29 is 14.5 Å². The molecule has 7 heteroatoms. The highest BCUT2D eigenvalue weighted by atomic mass is 79.9. The van der Waals surface area contributed by atoms with E-state index in [4.69, 9.17) is 10.00 Å². The molecule has 0 aromatic heterocycles. The van der Waals surface area contributed by atoms with Crippen LogP contribution in [-0.4, -0.2) is 17.5 Å². The van der Waals surface area contributed by atoms with Crippen LogP contribution in [0, 0.1) is 21.4 Å². The maximum absolute atomic E-state index is 11.4. The van der Waals surface area contributed by atoms with Gasteiger partial charge in [0.05, 0.1) is 29.6 Å². The van der Waals surface area contributed by atoms with Crippen LogP contribution in [0.3, 0.4) is 0 Å². The van der Waals surface area contributed by atoms with Gasteiger partial charge in [-0.15, -0.1) is 0 Å². The Morgan fingerprint density at radius 1 is 1.61 bits per heavy atom. The highest BCUT2D eigenvalue weighted by molar-refractivity contribution is 9.10. The van der Waals surface area contributed by atoms with Gasteiger partial charge in [0.2, 0.25) is 0 Å². The molecule has 0 saturated heterocycles. The molecule has 0 aliphatic carbocycles. The second kappa shape index (κ2) is 6.12. The van der Waals surface area contributed by atoms with Crippen LogP contribution in [0.25, 0.3) is 0 Å². The molecular formula is C11H9BrN2O4. The first kappa shape index (κ1) is 14.1. The number of nitriles is 1. The Kier molecular flexibility index (Phi) is 4.80. The number of esters is 1. The zero-order valence-corrected chi connectivity index (χ0v) is 11.1. The van der Waals surface area contributed by atoms with Gasteiger partial charge in [0.25, 0.3) is 5.69 Å². The van der Waals surface area contributed by atoms with Crippen LogP contribution < -0.4 is 0 Å². The number of hydrogen-bond acceptors (Lipinski definition) is 5. The van der Waals surface area contributed by atoms with Gasteiger partial charge in [0, 0.05) is 11.6 Å². The Balaban J connectivity index is 3.22. The van der Waals surface area contributed by atoms with E-state index in [-0.39, 0.29) is 34.3 Å². The van der Waals surface area contributed by atoms with E-state index in [0.717, 1.165) is 0 Å². The molecule has 18 heavy (non-hydrogen) atoms. The normalized spacial score (nSPS) is 9.61. The molecule has 0 aliphatic heterocycles. The minimum atomic E-state index is -0.583. The van der Waals surface area contributed by atoms with Crippen LogP contribution in [0.4, 0.5) is 5.69 Å². The fourth-order valence-corrected chi connectivity index (χ4v) is 2.01. The average Bonchev–Trinajstić information content (AvgIpc) is 2.31. The van der Waals surface area contributed by atoms with Crippen molar-refractivity contribution in [1.82, 2.24) is 0 Å². The van der Waals surface area contributed by atoms with Crippen molar-refractivity contribution in [3.63, 3.8) is 0 Å². The van der Waals surface area contributed by atoms with E-state index in [2.05, 4.69) is 15.9 Å². The summed E-state index contributed by atoms with van der Waals surface area (Å²) in [4.78, 5) is 21.6. The number of nitro benzene ring substituents is 1. The summed E-state index contributed by atoms with van der Waals surface area (Å²) in [5.41, 5.74) is 0.291. The standard InChI is InChI=1S/C11H9BrN2O4/c1-2-18-10(15)5-8-7(6-13)3-4-9(11(8)12)14(16)17/h3-4H,2,5H2,1H3. The number of carbonyl (C=O) groups is 1. The first-order valence-corrected chi connectivity index (χ1v) is 5.82. The van der Waals surface area contributed by atoms with Crippen LogP contribution in [0.1, 0.15) is 18.1 Å². The van der Waals surface area contributed by atoms with Crippen molar-refractivity contribution in [3.8, 4) is 6.07 Å². The van der Waals surface area contributed by atoms with Crippen LogP contribution in [0.15, 0.2) is 16.6 Å². The Bertz CT molecular complexity index is 537. The van der Waals surface area contributed by atoms with Crippen molar-refractivity contribution in [2.75, 3.05) is 6.61 Å². The molecule has 0 radical (unpaired) electrons. The number of benzene rings is 1. The minimum Gasteiger partial charge on any atom is -0.466 e. The van der Waals surface area contributed by atoms with Crippen LogP contribution in [0.2, 0.25) is 0 Å². The van der Waals surface area contributed by atoms with Crippen LogP contribution in [0.5, 0.6) is 0 Å². The lowest BCUT2D eigenvalue weighted by molar-refractivity contribution is -0.385. The summed E-state index contributed by atoms with van der Waals surface area (Å²) in [6.45, 7) is 1.87. The molecular weight excluding hydrogens is 304 g/mol. The number of hydrogen-bond donors (Lipinski definition) is 0. The maximum atomic E-state index is 11.4. The van der Waals surface area contributed by atoms with Gasteiger partial charge < -0.3 is 4.74 Å². The highest BCUT2D eigenvalue weighted by Gasteiger charge is 2.21. The molecule has 0 spiro atoms. The number of nitrogens with zero attached hydrogens (tertiary/aromatic N) is 2. The number of carbonyl (C=O) groups excluding carboxylic acids is 1. The lowest BCUT2D eigenvalue weighted by atomic mass is 10.0. The SMILES string of the molecule is CCOC(=O)Cc1c(C#N)ccc([N+](=O)[O-])c1Br. The lowest BCUT2D eigenvalue weighted by Gasteiger charge is -2.07. The predicted octanol–water partition coefficient (Wildman–Crippen LogP) is 2.33. The third-order valence-corrected chi connectivity index (χ3v) is 3.05. The Hall–Kier alpha value is -1.94. The van der Waals surface area contributed by atoms with E-state index in [1.165, 1.54) is 12.1 Å². The van der Waals surface area contributed by atoms with Crippen molar-refractivity contribution >= 4 is 27.6 Å². The summed E-state index contributed by atoms with van der Waals surface area (Å²) in [6.07, 6.45) is -0.182. The topological polar surface area (TPSA) is 93.2 Å². The van der Waals surface area contributed by atoms with Gasteiger partial charge in [0.1, 0.15) is 4.47 Å². The van der Waals surface area contributed by atoms with E-state index in [0.29, 0.717) is 0 Å². The molecule has 6 nitrogen and oxygen atoms in total. The van der Waals surface area contributed by atoms with Crippen LogP contribution in [-0.2, 0) is 16.0 Å². The zero-order chi connectivity index (χ0) is 13.7. The summed E-state index contributed by atoms with van der Waals surface area (Å²) in [5.74, 6) is -0.532. The summed E-state index contributed by atoms with van der Waals surface area (Å²) >= 11 is 3.05. The summed E-state index contributed by atoms with van der Waals surface area (Å²) < 4.78 is 4.90. The largest absolute Gasteiger partial charge is 0.466 e. The molecule has 0 atom stereocenters. The smallest absolute Gasteiger partial charge is 0.310 e. The molecule has 94 valence electrons. The fraction of sp³-hybridized carbons (Fsp3) is 0.273. The monoisotopic (exact) mass is 312 g/mol.